The summed E-state index contributed by atoms with van der Waals surface area (Å²) in [6.07, 6.45) is 1.62. The molecule has 0 spiro atoms. The van der Waals surface area contributed by atoms with Gasteiger partial charge < -0.3 is 9.47 Å². The average molecular weight is 351 g/mol. The maximum atomic E-state index is 11.3. The summed E-state index contributed by atoms with van der Waals surface area (Å²) in [5.41, 5.74) is 1.50. The highest BCUT2D eigenvalue weighted by Gasteiger charge is 2.17. The van der Waals surface area contributed by atoms with E-state index in [1.54, 1.807) is 26.0 Å². The van der Waals surface area contributed by atoms with Gasteiger partial charge in [-0.05, 0) is 45.1 Å². The molecule has 138 valence electrons. The number of aryl methyl sites for hydroxylation is 2. The van der Waals surface area contributed by atoms with Crippen LogP contribution in [-0.4, -0.2) is 29.1 Å². The largest absolute Gasteiger partial charge is 0.463 e. The molecule has 0 radical (unpaired) electrons. The molecule has 7 heteroatoms. The van der Waals surface area contributed by atoms with Crippen LogP contribution in [0.2, 0.25) is 0 Å². The standard InChI is InChI=1S/C18H25NO6/c1-12(24-14(3)20)5-7-16-8-10-17(18(11-16)19(22)23)9-6-13(2)25-15(4)21/h8,10-13H,5-7,9H2,1-4H3/t12-,13+/m1/s1. The second-order valence-corrected chi connectivity index (χ2v) is 6.14. The number of nitrogens with zero attached hydrogens (tertiary/aromatic N) is 1. The Balaban J connectivity index is 2.73. The topological polar surface area (TPSA) is 95.7 Å². The minimum Gasteiger partial charge on any atom is -0.463 e. The molecule has 0 aliphatic heterocycles. The lowest BCUT2D eigenvalue weighted by atomic mass is 10.0. The van der Waals surface area contributed by atoms with E-state index in [-0.39, 0.29) is 29.8 Å². The molecule has 1 rings (SSSR count). The molecule has 1 aromatic rings. The van der Waals surface area contributed by atoms with Gasteiger partial charge in [0.1, 0.15) is 0 Å². The Morgan fingerprint density at radius 3 is 2.04 bits per heavy atom. The summed E-state index contributed by atoms with van der Waals surface area (Å²) in [5.74, 6) is -0.699. The van der Waals surface area contributed by atoms with E-state index in [4.69, 9.17) is 9.47 Å². The number of hydrogen-bond donors (Lipinski definition) is 0. The zero-order chi connectivity index (χ0) is 19.0. The molecule has 1 aromatic carbocycles. The number of nitro benzene ring substituents is 1. The molecule has 0 N–H and O–H groups in total. The van der Waals surface area contributed by atoms with Crippen LogP contribution in [0.1, 0.15) is 51.7 Å². The first-order chi connectivity index (χ1) is 11.7. The van der Waals surface area contributed by atoms with E-state index in [0.717, 1.165) is 5.56 Å². The van der Waals surface area contributed by atoms with Crippen molar-refractivity contribution in [1.29, 1.82) is 0 Å². The summed E-state index contributed by atoms with van der Waals surface area (Å²) in [5, 5.41) is 11.3. The third kappa shape index (κ3) is 7.78. The lowest BCUT2D eigenvalue weighted by Crippen LogP contribution is -2.14. The van der Waals surface area contributed by atoms with Crippen molar-refractivity contribution in [2.75, 3.05) is 0 Å². The van der Waals surface area contributed by atoms with Gasteiger partial charge >= 0.3 is 11.9 Å². The van der Waals surface area contributed by atoms with Crippen LogP contribution in [0.4, 0.5) is 5.69 Å². The highest BCUT2D eigenvalue weighted by atomic mass is 16.6. The van der Waals surface area contributed by atoms with Crippen LogP contribution < -0.4 is 0 Å². The average Bonchev–Trinajstić information content (AvgIpc) is 2.49. The van der Waals surface area contributed by atoms with E-state index >= 15 is 0 Å². The van der Waals surface area contributed by atoms with Crippen LogP contribution in [0.3, 0.4) is 0 Å². The lowest BCUT2D eigenvalue weighted by molar-refractivity contribution is -0.385. The van der Waals surface area contributed by atoms with Gasteiger partial charge in [-0.1, -0.05) is 12.1 Å². The predicted molar refractivity (Wildman–Crippen MR) is 92.2 cm³/mol. The van der Waals surface area contributed by atoms with Gasteiger partial charge in [-0.15, -0.1) is 0 Å². The van der Waals surface area contributed by atoms with Crippen molar-refractivity contribution in [3.63, 3.8) is 0 Å². The first-order valence-electron chi connectivity index (χ1n) is 8.29. The van der Waals surface area contributed by atoms with Crippen molar-refractivity contribution >= 4 is 17.6 Å². The molecule has 7 nitrogen and oxygen atoms in total. The van der Waals surface area contributed by atoms with E-state index in [1.807, 2.05) is 6.07 Å². The third-order valence-corrected chi connectivity index (χ3v) is 3.74. The Labute approximate surface area is 147 Å². The van der Waals surface area contributed by atoms with Gasteiger partial charge in [-0.25, -0.2) is 0 Å². The van der Waals surface area contributed by atoms with E-state index in [0.29, 0.717) is 31.2 Å². The molecular weight excluding hydrogens is 326 g/mol. The predicted octanol–water partition coefficient (Wildman–Crippen LogP) is 3.36. The quantitative estimate of drug-likeness (QED) is 0.384. The first kappa shape index (κ1) is 20.6. The molecule has 0 fully saturated rings. The molecule has 0 heterocycles. The maximum Gasteiger partial charge on any atom is 0.302 e. The normalized spacial score (nSPS) is 13.0. The molecule has 0 saturated carbocycles. The van der Waals surface area contributed by atoms with Gasteiger partial charge in [-0.2, -0.15) is 0 Å². The number of rotatable bonds is 9. The Morgan fingerprint density at radius 1 is 1.04 bits per heavy atom. The smallest absolute Gasteiger partial charge is 0.302 e. The first-order valence-corrected chi connectivity index (χ1v) is 8.29. The minimum absolute atomic E-state index is 0.0627. The SMILES string of the molecule is CC(=O)O[C@H](C)CCc1ccc(CC[C@H](C)OC(C)=O)c([N+](=O)[O-])c1. The Hall–Kier alpha value is -2.44. The molecule has 0 aliphatic rings. The van der Waals surface area contributed by atoms with E-state index in [9.17, 15) is 19.7 Å². The summed E-state index contributed by atoms with van der Waals surface area (Å²) in [6, 6.07) is 5.15. The molecule has 25 heavy (non-hydrogen) atoms. The minimum atomic E-state index is -0.398. The highest BCUT2D eigenvalue weighted by Crippen LogP contribution is 2.24. The van der Waals surface area contributed by atoms with Crippen molar-refractivity contribution < 1.29 is 24.0 Å². The van der Waals surface area contributed by atoms with Crippen LogP contribution in [0.5, 0.6) is 0 Å². The van der Waals surface area contributed by atoms with Crippen LogP contribution in [0, 0.1) is 10.1 Å². The fourth-order valence-corrected chi connectivity index (χ4v) is 2.56. The van der Waals surface area contributed by atoms with Gasteiger partial charge in [0.2, 0.25) is 0 Å². The molecular formula is C18H25NO6. The van der Waals surface area contributed by atoms with Gasteiger partial charge in [0.05, 0.1) is 17.1 Å². The second-order valence-electron chi connectivity index (χ2n) is 6.14. The Morgan fingerprint density at radius 2 is 1.56 bits per heavy atom. The van der Waals surface area contributed by atoms with Crippen LogP contribution in [-0.2, 0) is 31.9 Å². The number of benzene rings is 1. The molecule has 0 bridgehead atoms. The third-order valence-electron chi connectivity index (χ3n) is 3.74. The van der Waals surface area contributed by atoms with Crippen molar-refractivity contribution in [2.24, 2.45) is 0 Å². The number of carbonyl (C=O) groups is 2. The van der Waals surface area contributed by atoms with E-state index in [1.165, 1.54) is 13.8 Å². The summed E-state index contributed by atoms with van der Waals surface area (Å²) in [7, 11) is 0. The van der Waals surface area contributed by atoms with Crippen LogP contribution in [0.25, 0.3) is 0 Å². The van der Waals surface area contributed by atoms with Gasteiger partial charge in [0, 0.05) is 25.5 Å². The summed E-state index contributed by atoms with van der Waals surface area (Å²) in [4.78, 5) is 32.8. The van der Waals surface area contributed by atoms with Crippen LogP contribution in [0.15, 0.2) is 18.2 Å². The highest BCUT2D eigenvalue weighted by molar-refractivity contribution is 5.66. The summed E-state index contributed by atoms with van der Waals surface area (Å²) >= 11 is 0. The fourth-order valence-electron chi connectivity index (χ4n) is 2.56. The van der Waals surface area contributed by atoms with E-state index < -0.39 is 4.92 Å². The lowest BCUT2D eigenvalue weighted by Gasteiger charge is -2.13. The number of ether oxygens (including phenoxy) is 2. The number of hydrogen-bond acceptors (Lipinski definition) is 6. The Bertz CT molecular complexity index is 628. The molecule has 0 saturated heterocycles. The zero-order valence-corrected chi connectivity index (χ0v) is 15.1. The fraction of sp³-hybridized carbons (Fsp3) is 0.556. The van der Waals surface area contributed by atoms with Crippen molar-refractivity contribution in [3.05, 3.63) is 39.4 Å². The molecule has 0 aliphatic carbocycles. The molecule has 2 atom stereocenters. The van der Waals surface area contributed by atoms with Gasteiger partial charge in [0.25, 0.3) is 5.69 Å². The monoisotopic (exact) mass is 351 g/mol. The van der Waals surface area contributed by atoms with Crippen LogP contribution >= 0.6 is 0 Å². The summed E-state index contributed by atoms with van der Waals surface area (Å²) < 4.78 is 10.1. The second kappa shape index (κ2) is 9.76. The Kier molecular flexibility index (Phi) is 8.04. The zero-order valence-electron chi connectivity index (χ0n) is 15.1. The van der Waals surface area contributed by atoms with Crippen molar-refractivity contribution in [1.82, 2.24) is 0 Å². The molecule has 0 unspecified atom stereocenters. The molecule has 0 amide bonds. The van der Waals surface area contributed by atoms with Gasteiger partial charge in [0.15, 0.2) is 0 Å². The maximum absolute atomic E-state index is 11.3. The van der Waals surface area contributed by atoms with E-state index in [2.05, 4.69) is 0 Å². The summed E-state index contributed by atoms with van der Waals surface area (Å²) in [6.45, 7) is 6.25. The number of carbonyl (C=O) groups excluding carboxylic acids is 2. The van der Waals surface area contributed by atoms with Crippen molar-refractivity contribution in [3.8, 4) is 0 Å². The number of nitro groups is 1. The van der Waals surface area contributed by atoms with Crippen molar-refractivity contribution in [2.45, 2.75) is 65.6 Å². The number of esters is 2. The van der Waals surface area contributed by atoms with Gasteiger partial charge in [-0.3, -0.25) is 19.7 Å². The molecule has 0 aromatic heterocycles.